The van der Waals surface area contributed by atoms with Crippen LogP contribution in [0.15, 0.2) is 48.5 Å². The van der Waals surface area contributed by atoms with Crippen molar-refractivity contribution in [3.05, 3.63) is 71.3 Å². The molecule has 2 aromatic carbocycles. The van der Waals surface area contributed by atoms with Crippen LogP contribution in [-0.4, -0.2) is 10.9 Å². The van der Waals surface area contributed by atoms with Gasteiger partial charge in [-0.15, -0.1) is 0 Å². The molecule has 0 bridgehead atoms. The number of halogens is 2. The van der Waals surface area contributed by atoms with Gasteiger partial charge in [0.1, 0.15) is 22.7 Å². The predicted molar refractivity (Wildman–Crippen MR) is 79.8 cm³/mol. The molecule has 2 rings (SSSR count). The van der Waals surface area contributed by atoms with Gasteiger partial charge in [-0.2, -0.15) is 0 Å². The summed E-state index contributed by atoms with van der Waals surface area (Å²) < 4.78 is 26.7. The molecule has 21 heavy (non-hydrogen) atoms. The molecule has 1 atom stereocenters. The number of carbonyl (C=O) groups is 1. The molecule has 1 unspecified atom stereocenters. The average Bonchev–Trinajstić information content (AvgIpc) is 2.47. The van der Waals surface area contributed by atoms with Crippen molar-refractivity contribution in [3.63, 3.8) is 0 Å². The van der Waals surface area contributed by atoms with Crippen LogP contribution in [0.1, 0.15) is 22.0 Å². The minimum absolute atomic E-state index is 0.0337. The highest BCUT2D eigenvalue weighted by Gasteiger charge is 2.20. The fraction of sp³-hybridized carbons (Fsp3) is 0.0667. The molecule has 0 aromatic heterocycles. The Kier molecular flexibility index (Phi) is 4.59. The Morgan fingerprint density at radius 2 is 1.81 bits per heavy atom. The Morgan fingerprint density at radius 1 is 1.14 bits per heavy atom. The fourth-order valence-electron chi connectivity index (χ4n) is 1.84. The lowest BCUT2D eigenvalue weighted by molar-refractivity contribution is 0.0942. The van der Waals surface area contributed by atoms with Crippen LogP contribution < -0.4 is 11.1 Å². The van der Waals surface area contributed by atoms with Crippen molar-refractivity contribution in [2.24, 2.45) is 5.73 Å². The molecule has 2 aromatic rings. The van der Waals surface area contributed by atoms with Crippen LogP contribution in [-0.2, 0) is 0 Å². The molecule has 3 N–H and O–H groups in total. The minimum Gasteiger partial charge on any atom is -0.391 e. The lowest BCUT2D eigenvalue weighted by Gasteiger charge is -2.18. The summed E-state index contributed by atoms with van der Waals surface area (Å²) in [5.41, 5.74) is 5.88. The number of rotatable bonds is 4. The summed E-state index contributed by atoms with van der Waals surface area (Å²) in [4.78, 5) is 12.1. The third-order valence-corrected chi connectivity index (χ3v) is 3.10. The van der Waals surface area contributed by atoms with E-state index in [1.165, 1.54) is 0 Å². The highest BCUT2D eigenvalue weighted by Crippen LogP contribution is 2.16. The summed E-state index contributed by atoms with van der Waals surface area (Å²) in [6.07, 6.45) is 0. The van der Waals surface area contributed by atoms with Crippen molar-refractivity contribution in [2.45, 2.75) is 6.04 Å². The lowest BCUT2D eigenvalue weighted by atomic mass is 10.1. The molecule has 0 aliphatic heterocycles. The number of carbonyl (C=O) groups excluding carboxylic acids is 1. The monoisotopic (exact) mass is 306 g/mol. The second-order valence-electron chi connectivity index (χ2n) is 4.34. The van der Waals surface area contributed by atoms with E-state index in [9.17, 15) is 13.6 Å². The number of thiocarbonyl (C=S) groups is 1. The summed E-state index contributed by atoms with van der Waals surface area (Å²) in [6.45, 7) is 0. The Balaban J connectivity index is 2.27. The zero-order valence-corrected chi connectivity index (χ0v) is 11.7. The van der Waals surface area contributed by atoms with Gasteiger partial charge >= 0.3 is 0 Å². The highest BCUT2D eigenvalue weighted by atomic mass is 32.1. The van der Waals surface area contributed by atoms with Gasteiger partial charge in [0.15, 0.2) is 0 Å². The molecule has 0 heterocycles. The van der Waals surface area contributed by atoms with Gasteiger partial charge in [-0.05, 0) is 23.8 Å². The number of hydrogen-bond acceptors (Lipinski definition) is 2. The Morgan fingerprint density at radius 3 is 2.43 bits per heavy atom. The van der Waals surface area contributed by atoms with Gasteiger partial charge in [-0.1, -0.05) is 42.5 Å². The third kappa shape index (κ3) is 3.61. The second-order valence-corrected chi connectivity index (χ2v) is 4.82. The van der Waals surface area contributed by atoms with E-state index >= 15 is 0 Å². The molecule has 0 saturated carbocycles. The maximum Gasteiger partial charge on any atom is 0.255 e. The van der Waals surface area contributed by atoms with Crippen molar-refractivity contribution in [1.29, 1.82) is 0 Å². The van der Waals surface area contributed by atoms with Crippen LogP contribution in [0.4, 0.5) is 8.78 Å². The van der Waals surface area contributed by atoms with Crippen LogP contribution in [0, 0.1) is 11.6 Å². The Bertz CT molecular complexity index is 677. The van der Waals surface area contributed by atoms with E-state index in [1.54, 1.807) is 30.3 Å². The molecule has 1 amide bonds. The van der Waals surface area contributed by atoms with Crippen molar-refractivity contribution in [1.82, 2.24) is 5.32 Å². The van der Waals surface area contributed by atoms with Crippen molar-refractivity contribution < 1.29 is 13.6 Å². The van der Waals surface area contributed by atoms with Crippen LogP contribution in [0.3, 0.4) is 0 Å². The molecule has 6 heteroatoms. The van der Waals surface area contributed by atoms with Crippen molar-refractivity contribution >= 4 is 23.1 Å². The van der Waals surface area contributed by atoms with E-state index in [4.69, 9.17) is 18.0 Å². The molecule has 0 saturated heterocycles. The van der Waals surface area contributed by atoms with Crippen LogP contribution >= 0.6 is 12.2 Å². The molecule has 3 nitrogen and oxygen atoms in total. The van der Waals surface area contributed by atoms with E-state index in [1.807, 2.05) is 0 Å². The summed E-state index contributed by atoms with van der Waals surface area (Å²) in [5, 5.41) is 2.51. The first-order chi connectivity index (χ1) is 9.99. The quantitative estimate of drug-likeness (QED) is 0.854. The minimum atomic E-state index is -0.816. The van der Waals surface area contributed by atoms with Gasteiger partial charge in [0.2, 0.25) is 0 Å². The van der Waals surface area contributed by atoms with Crippen molar-refractivity contribution in [2.75, 3.05) is 0 Å². The van der Waals surface area contributed by atoms with E-state index < -0.39 is 29.1 Å². The maximum atomic E-state index is 13.6. The molecule has 108 valence electrons. The molecular weight excluding hydrogens is 294 g/mol. The van der Waals surface area contributed by atoms with Gasteiger partial charge in [0.25, 0.3) is 5.91 Å². The molecule has 0 fully saturated rings. The van der Waals surface area contributed by atoms with Crippen LogP contribution in [0.5, 0.6) is 0 Å². The Hall–Kier alpha value is -2.34. The van der Waals surface area contributed by atoms with Crippen LogP contribution in [0.2, 0.25) is 0 Å². The van der Waals surface area contributed by atoms with Crippen molar-refractivity contribution in [3.8, 4) is 0 Å². The number of nitrogens with two attached hydrogens (primary N) is 1. The average molecular weight is 306 g/mol. The van der Waals surface area contributed by atoms with E-state index in [0.717, 1.165) is 18.2 Å². The number of amides is 1. The summed E-state index contributed by atoms with van der Waals surface area (Å²) in [6, 6.07) is 10.7. The normalized spacial score (nSPS) is 11.7. The smallest absolute Gasteiger partial charge is 0.255 e. The van der Waals surface area contributed by atoms with Gasteiger partial charge in [-0.25, -0.2) is 8.78 Å². The van der Waals surface area contributed by atoms with E-state index in [-0.39, 0.29) is 4.99 Å². The number of hydrogen-bond donors (Lipinski definition) is 2. The maximum absolute atomic E-state index is 13.6. The molecular formula is C15H12F2N2OS. The number of benzene rings is 2. The second kappa shape index (κ2) is 6.41. The zero-order valence-electron chi connectivity index (χ0n) is 10.8. The first-order valence-electron chi connectivity index (χ1n) is 6.09. The zero-order chi connectivity index (χ0) is 15.4. The molecule has 0 radical (unpaired) electrons. The fourth-order valence-corrected chi connectivity index (χ4v) is 2.04. The summed E-state index contributed by atoms with van der Waals surface area (Å²) in [7, 11) is 0. The number of nitrogens with one attached hydrogen (secondary N) is 1. The first-order valence-corrected chi connectivity index (χ1v) is 6.50. The van der Waals surface area contributed by atoms with Gasteiger partial charge in [-0.3, -0.25) is 4.79 Å². The molecule has 0 aliphatic rings. The largest absolute Gasteiger partial charge is 0.391 e. The molecule has 0 aliphatic carbocycles. The van der Waals surface area contributed by atoms with Gasteiger partial charge in [0.05, 0.1) is 5.56 Å². The Labute approximate surface area is 125 Å². The lowest BCUT2D eigenvalue weighted by Crippen LogP contribution is -2.36. The highest BCUT2D eigenvalue weighted by molar-refractivity contribution is 7.80. The topological polar surface area (TPSA) is 55.1 Å². The van der Waals surface area contributed by atoms with E-state index in [2.05, 4.69) is 5.32 Å². The molecule has 0 spiro atoms. The van der Waals surface area contributed by atoms with Crippen LogP contribution in [0.25, 0.3) is 0 Å². The predicted octanol–water partition coefficient (Wildman–Crippen LogP) is 2.72. The third-order valence-electron chi connectivity index (χ3n) is 2.87. The van der Waals surface area contributed by atoms with Gasteiger partial charge in [0, 0.05) is 0 Å². The van der Waals surface area contributed by atoms with E-state index in [0.29, 0.717) is 5.56 Å². The van der Waals surface area contributed by atoms with Gasteiger partial charge < -0.3 is 11.1 Å². The SMILES string of the molecule is NC(=S)C(NC(=O)c1cc(F)ccc1F)c1ccccc1. The standard InChI is InChI=1S/C15H12F2N2OS/c16-10-6-7-12(17)11(8-10)15(20)19-13(14(18)21)9-4-2-1-3-5-9/h1-8,13H,(H2,18,21)(H,19,20). The summed E-state index contributed by atoms with van der Waals surface area (Å²) >= 11 is 4.92. The first kappa shape index (κ1) is 15.1. The summed E-state index contributed by atoms with van der Waals surface area (Å²) in [5.74, 6) is -2.30.